The van der Waals surface area contributed by atoms with E-state index in [2.05, 4.69) is 18.8 Å². The van der Waals surface area contributed by atoms with Crippen molar-refractivity contribution in [3.63, 3.8) is 0 Å². The molecule has 0 unspecified atom stereocenters. The third kappa shape index (κ3) is 6.04. The van der Waals surface area contributed by atoms with E-state index >= 15 is 0 Å². The summed E-state index contributed by atoms with van der Waals surface area (Å²) < 4.78 is 0. The molecule has 2 rings (SSSR count). The van der Waals surface area contributed by atoms with Crippen LogP contribution in [0.15, 0.2) is 48.8 Å². The molecule has 0 bridgehead atoms. The van der Waals surface area contributed by atoms with Gasteiger partial charge in [0.05, 0.1) is 0 Å². The average molecular weight is 246 g/mol. The standard InChI is InChI=1S/C11H10N2.C3H8.C2H6.H2/c12-11-5-3-9(4-6-11)10-2-1-7-13-8-10;1-3-2;1-2;/h1-8H,12H2;3H2,1-2H3;1-2H3;1H. The van der Waals surface area contributed by atoms with Crippen LogP contribution in [-0.2, 0) is 0 Å². The van der Waals surface area contributed by atoms with Gasteiger partial charge >= 0.3 is 0 Å². The Balaban J connectivity index is 0. The summed E-state index contributed by atoms with van der Waals surface area (Å²) in [5.74, 6) is 0. The molecule has 0 aliphatic rings. The molecule has 1 heterocycles. The van der Waals surface area contributed by atoms with Crippen LogP contribution < -0.4 is 5.73 Å². The average Bonchev–Trinajstić information content (AvgIpc) is 2.44. The maximum Gasteiger partial charge on any atom is 0.0346 e. The van der Waals surface area contributed by atoms with E-state index in [9.17, 15) is 0 Å². The zero-order valence-corrected chi connectivity index (χ0v) is 11.9. The number of aromatic nitrogens is 1. The Bertz CT molecular complexity index is 399. The van der Waals surface area contributed by atoms with Crippen molar-refractivity contribution in [1.82, 2.24) is 4.98 Å². The lowest BCUT2D eigenvalue weighted by Gasteiger charge is -2.00. The Morgan fingerprint density at radius 3 is 2.00 bits per heavy atom. The Morgan fingerprint density at radius 2 is 1.56 bits per heavy atom. The van der Waals surface area contributed by atoms with Gasteiger partial charge in [0, 0.05) is 19.5 Å². The number of nitrogens with two attached hydrogens (primary N) is 1. The van der Waals surface area contributed by atoms with Crippen LogP contribution in [-0.4, -0.2) is 4.98 Å². The van der Waals surface area contributed by atoms with E-state index in [1.165, 1.54) is 6.42 Å². The van der Waals surface area contributed by atoms with Gasteiger partial charge in [0.15, 0.2) is 0 Å². The molecule has 0 aliphatic heterocycles. The van der Waals surface area contributed by atoms with Crippen molar-refractivity contribution in [1.29, 1.82) is 0 Å². The van der Waals surface area contributed by atoms with Gasteiger partial charge in [-0.2, -0.15) is 0 Å². The van der Waals surface area contributed by atoms with Gasteiger partial charge in [0.2, 0.25) is 0 Å². The van der Waals surface area contributed by atoms with Gasteiger partial charge in [0.25, 0.3) is 0 Å². The highest BCUT2D eigenvalue weighted by Crippen LogP contribution is 2.18. The highest BCUT2D eigenvalue weighted by atomic mass is 14.6. The molecule has 0 atom stereocenters. The largest absolute Gasteiger partial charge is 0.399 e. The molecule has 0 radical (unpaired) electrons. The number of nitrogens with zero attached hydrogens (tertiary/aromatic N) is 1. The van der Waals surface area contributed by atoms with Crippen molar-refractivity contribution in [3.8, 4) is 11.1 Å². The van der Waals surface area contributed by atoms with E-state index < -0.39 is 0 Å². The fraction of sp³-hybridized carbons (Fsp3) is 0.312. The van der Waals surface area contributed by atoms with Crippen LogP contribution in [0, 0.1) is 0 Å². The van der Waals surface area contributed by atoms with Crippen molar-refractivity contribution in [2.24, 2.45) is 0 Å². The van der Waals surface area contributed by atoms with E-state index in [1.807, 2.05) is 56.4 Å². The molecule has 2 N–H and O–H groups in total. The van der Waals surface area contributed by atoms with E-state index in [0.717, 1.165) is 16.8 Å². The summed E-state index contributed by atoms with van der Waals surface area (Å²) in [5.41, 5.74) is 8.63. The van der Waals surface area contributed by atoms with Crippen molar-refractivity contribution in [2.75, 3.05) is 5.73 Å². The van der Waals surface area contributed by atoms with Crippen LogP contribution in [0.25, 0.3) is 11.1 Å². The maximum absolute atomic E-state index is 5.59. The molecule has 2 aromatic rings. The number of hydrogen-bond acceptors (Lipinski definition) is 2. The minimum atomic E-state index is 0. The summed E-state index contributed by atoms with van der Waals surface area (Å²) in [6.07, 6.45) is 4.85. The fourth-order valence-corrected chi connectivity index (χ4v) is 1.21. The first kappa shape index (κ1) is 16.2. The summed E-state index contributed by atoms with van der Waals surface area (Å²) in [5, 5.41) is 0. The van der Waals surface area contributed by atoms with E-state index in [-0.39, 0.29) is 1.43 Å². The first-order valence-corrected chi connectivity index (χ1v) is 6.53. The van der Waals surface area contributed by atoms with E-state index in [0.29, 0.717) is 0 Å². The molecule has 2 nitrogen and oxygen atoms in total. The van der Waals surface area contributed by atoms with Crippen molar-refractivity contribution in [3.05, 3.63) is 48.8 Å². The molecule has 1 aromatic carbocycles. The number of rotatable bonds is 1. The second-order valence-corrected chi connectivity index (χ2v) is 3.57. The second-order valence-electron chi connectivity index (χ2n) is 3.57. The number of anilines is 1. The molecule has 100 valence electrons. The van der Waals surface area contributed by atoms with Crippen LogP contribution in [0.4, 0.5) is 5.69 Å². The minimum absolute atomic E-state index is 0. The lowest BCUT2D eigenvalue weighted by Crippen LogP contribution is -1.84. The molecular weight excluding hydrogens is 220 g/mol. The van der Waals surface area contributed by atoms with Crippen LogP contribution in [0.5, 0.6) is 0 Å². The highest BCUT2D eigenvalue weighted by molar-refractivity contribution is 5.64. The zero-order valence-electron chi connectivity index (χ0n) is 11.9. The van der Waals surface area contributed by atoms with Gasteiger partial charge < -0.3 is 5.73 Å². The van der Waals surface area contributed by atoms with Gasteiger partial charge in [-0.25, -0.2) is 0 Å². The van der Waals surface area contributed by atoms with Crippen molar-refractivity contribution < 1.29 is 1.43 Å². The molecule has 0 saturated carbocycles. The van der Waals surface area contributed by atoms with Crippen LogP contribution in [0.1, 0.15) is 35.5 Å². The van der Waals surface area contributed by atoms with Crippen LogP contribution >= 0.6 is 0 Å². The topological polar surface area (TPSA) is 38.9 Å². The molecule has 18 heavy (non-hydrogen) atoms. The summed E-state index contributed by atoms with van der Waals surface area (Å²) in [7, 11) is 0. The smallest absolute Gasteiger partial charge is 0.0346 e. The molecule has 0 spiro atoms. The van der Waals surface area contributed by atoms with Crippen molar-refractivity contribution >= 4 is 5.69 Å². The van der Waals surface area contributed by atoms with Gasteiger partial charge in [-0.05, 0) is 29.3 Å². The Hall–Kier alpha value is -1.83. The number of pyridine rings is 1. The number of benzene rings is 1. The van der Waals surface area contributed by atoms with Gasteiger partial charge in [-0.1, -0.05) is 52.3 Å². The minimum Gasteiger partial charge on any atom is -0.399 e. The van der Waals surface area contributed by atoms with E-state index in [4.69, 9.17) is 5.73 Å². The molecule has 1 aromatic heterocycles. The van der Waals surface area contributed by atoms with Crippen LogP contribution in [0.2, 0.25) is 0 Å². The summed E-state index contributed by atoms with van der Waals surface area (Å²) in [6, 6.07) is 11.7. The quantitative estimate of drug-likeness (QED) is 0.717. The first-order chi connectivity index (χ1) is 8.77. The summed E-state index contributed by atoms with van der Waals surface area (Å²) in [6.45, 7) is 8.25. The molecule has 0 amide bonds. The predicted octanol–water partition coefficient (Wildman–Crippen LogP) is 5.02. The lowest BCUT2D eigenvalue weighted by molar-refractivity contribution is 1.09. The maximum atomic E-state index is 5.59. The lowest BCUT2D eigenvalue weighted by atomic mass is 10.1. The normalized spacial score (nSPS) is 8.44. The third-order valence-corrected chi connectivity index (χ3v) is 1.91. The Kier molecular flexibility index (Phi) is 9.28. The Morgan fingerprint density at radius 1 is 1.00 bits per heavy atom. The third-order valence-electron chi connectivity index (χ3n) is 1.91. The molecule has 0 saturated heterocycles. The van der Waals surface area contributed by atoms with Gasteiger partial charge in [-0.15, -0.1) is 0 Å². The highest BCUT2D eigenvalue weighted by Gasteiger charge is 1.94. The zero-order chi connectivity index (χ0) is 13.8. The number of hydrogen-bond donors (Lipinski definition) is 1. The monoisotopic (exact) mass is 246 g/mol. The van der Waals surface area contributed by atoms with Crippen LogP contribution in [0.3, 0.4) is 0 Å². The molecular formula is C16H26N2. The van der Waals surface area contributed by atoms with Gasteiger partial charge in [-0.3, -0.25) is 4.98 Å². The second kappa shape index (κ2) is 10.3. The SMILES string of the molecule is CC.CCC.Nc1ccc(-c2cccnc2)cc1.[HH]. The molecule has 2 heteroatoms. The Labute approximate surface area is 112 Å². The fourth-order valence-electron chi connectivity index (χ4n) is 1.21. The number of nitrogen functional groups attached to an aromatic ring is 1. The van der Waals surface area contributed by atoms with E-state index in [1.54, 1.807) is 6.20 Å². The first-order valence-electron chi connectivity index (χ1n) is 6.53. The predicted molar refractivity (Wildman–Crippen MR) is 83.5 cm³/mol. The van der Waals surface area contributed by atoms with Crippen molar-refractivity contribution in [2.45, 2.75) is 34.1 Å². The molecule has 0 fully saturated rings. The summed E-state index contributed by atoms with van der Waals surface area (Å²) >= 11 is 0. The summed E-state index contributed by atoms with van der Waals surface area (Å²) in [4.78, 5) is 4.05. The van der Waals surface area contributed by atoms with Gasteiger partial charge in [0.1, 0.15) is 0 Å². The molecule has 0 aliphatic carbocycles.